The zero-order valence-corrected chi connectivity index (χ0v) is 9.01. The molecule has 2 rings (SSSR count). The maximum absolute atomic E-state index is 11.2. The first-order chi connectivity index (χ1) is 7.41. The highest BCUT2D eigenvalue weighted by Crippen LogP contribution is 2.25. The summed E-state index contributed by atoms with van der Waals surface area (Å²) in [4.78, 5) is 11.2. The van der Waals surface area contributed by atoms with Gasteiger partial charge in [-0.25, -0.2) is 9.31 Å². The van der Waals surface area contributed by atoms with Crippen molar-refractivity contribution in [3.8, 4) is 0 Å². The standard InChI is InChI=1S/C11H12N2O3/c1-11(2,16)9-8(10(14)15)7-5-3-4-6-13(7)12-9/h3-6,16H,1-2H3,(H,14,15). The Hall–Kier alpha value is -1.88. The van der Waals surface area contributed by atoms with Gasteiger partial charge in [-0.05, 0) is 26.0 Å². The van der Waals surface area contributed by atoms with Gasteiger partial charge in [0.1, 0.15) is 16.9 Å². The van der Waals surface area contributed by atoms with Crippen LogP contribution in [0.25, 0.3) is 5.52 Å². The van der Waals surface area contributed by atoms with Crippen LogP contribution in [0, 0.1) is 0 Å². The van der Waals surface area contributed by atoms with Gasteiger partial charge in [-0.15, -0.1) is 0 Å². The van der Waals surface area contributed by atoms with Crippen LogP contribution in [0.4, 0.5) is 0 Å². The number of hydrogen-bond acceptors (Lipinski definition) is 3. The number of aromatic carboxylic acids is 1. The van der Waals surface area contributed by atoms with E-state index in [4.69, 9.17) is 5.11 Å². The maximum Gasteiger partial charge on any atom is 0.339 e. The Bertz CT molecular complexity index is 552. The zero-order valence-electron chi connectivity index (χ0n) is 9.01. The molecule has 0 aliphatic rings. The first-order valence-electron chi connectivity index (χ1n) is 4.85. The minimum Gasteiger partial charge on any atom is -0.478 e. The van der Waals surface area contributed by atoms with Crippen LogP contribution < -0.4 is 0 Å². The normalized spacial score (nSPS) is 11.9. The minimum absolute atomic E-state index is 0.0492. The quantitative estimate of drug-likeness (QED) is 0.799. The van der Waals surface area contributed by atoms with Crippen LogP contribution in [0.3, 0.4) is 0 Å². The van der Waals surface area contributed by atoms with Crippen LogP contribution in [0.15, 0.2) is 24.4 Å². The summed E-state index contributed by atoms with van der Waals surface area (Å²) in [5.41, 5.74) is -0.578. The topological polar surface area (TPSA) is 74.8 Å². The number of carbonyl (C=O) groups is 1. The number of aliphatic hydroxyl groups is 1. The van der Waals surface area contributed by atoms with Gasteiger partial charge in [0, 0.05) is 6.20 Å². The molecule has 0 aliphatic carbocycles. The average molecular weight is 220 g/mol. The van der Waals surface area contributed by atoms with Gasteiger partial charge in [-0.2, -0.15) is 5.10 Å². The molecule has 0 aliphatic heterocycles. The van der Waals surface area contributed by atoms with Gasteiger partial charge in [-0.1, -0.05) is 6.07 Å². The van der Waals surface area contributed by atoms with Crippen LogP contribution in [0.1, 0.15) is 29.9 Å². The molecular weight excluding hydrogens is 208 g/mol. The highest BCUT2D eigenvalue weighted by Gasteiger charge is 2.29. The smallest absolute Gasteiger partial charge is 0.339 e. The molecule has 0 radical (unpaired) electrons. The molecule has 0 atom stereocenters. The predicted molar refractivity (Wildman–Crippen MR) is 57.4 cm³/mol. The number of aromatic nitrogens is 2. The number of rotatable bonds is 2. The molecule has 5 heteroatoms. The third-order valence-electron chi connectivity index (χ3n) is 2.33. The molecule has 16 heavy (non-hydrogen) atoms. The van der Waals surface area contributed by atoms with Crippen molar-refractivity contribution in [2.75, 3.05) is 0 Å². The number of nitrogens with zero attached hydrogens (tertiary/aromatic N) is 2. The van der Waals surface area contributed by atoms with Crippen LogP contribution in [-0.4, -0.2) is 25.8 Å². The van der Waals surface area contributed by atoms with Gasteiger partial charge in [0.15, 0.2) is 0 Å². The Morgan fingerprint density at radius 2 is 2.12 bits per heavy atom. The molecule has 0 bridgehead atoms. The van der Waals surface area contributed by atoms with Crippen molar-refractivity contribution in [3.05, 3.63) is 35.7 Å². The molecule has 2 aromatic rings. The van der Waals surface area contributed by atoms with Crippen LogP contribution in [0.5, 0.6) is 0 Å². The summed E-state index contributed by atoms with van der Waals surface area (Å²) in [7, 11) is 0. The fourth-order valence-corrected chi connectivity index (χ4v) is 1.64. The summed E-state index contributed by atoms with van der Waals surface area (Å²) in [5.74, 6) is -1.08. The lowest BCUT2D eigenvalue weighted by Crippen LogP contribution is -2.20. The van der Waals surface area contributed by atoms with Crippen LogP contribution >= 0.6 is 0 Å². The van der Waals surface area contributed by atoms with E-state index < -0.39 is 11.6 Å². The molecule has 0 saturated heterocycles. The Labute approximate surface area is 91.9 Å². The summed E-state index contributed by atoms with van der Waals surface area (Å²) in [5, 5.41) is 23.1. The summed E-state index contributed by atoms with van der Waals surface area (Å²) in [6.07, 6.45) is 1.65. The van der Waals surface area contributed by atoms with Crippen molar-refractivity contribution in [2.45, 2.75) is 19.4 Å². The number of carboxylic acid groups (broad SMARTS) is 1. The summed E-state index contributed by atoms with van der Waals surface area (Å²) < 4.78 is 1.46. The molecule has 0 amide bonds. The summed E-state index contributed by atoms with van der Waals surface area (Å²) >= 11 is 0. The Balaban J connectivity index is 2.84. The second kappa shape index (κ2) is 3.31. The van der Waals surface area contributed by atoms with E-state index in [9.17, 15) is 9.90 Å². The Kier molecular flexibility index (Phi) is 2.20. The molecule has 84 valence electrons. The van der Waals surface area contributed by atoms with Crippen LogP contribution in [0.2, 0.25) is 0 Å². The lowest BCUT2D eigenvalue weighted by molar-refractivity contribution is 0.0615. The van der Waals surface area contributed by atoms with Gasteiger partial charge in [0.2, 0.25) is 0 Å². The second-order valence-corrected chi connectivity index (χ2v) is 4.12. The van der Waals surface area contributed by atoms with E-state index in [-0.39, 0.29) is 11.3 Å². The van der Waals surface area contributed by atoms with Crippen LogP contribution in [-0.2, 0) is 5.60 Å². The number of fused-ring (bicyclic) bond motifs is 1. The lowest BCUT2D eigenvalue weighted by Gasteiger charge is -2.14. The molecule has 0 saturated carbocycles. The molecule has 2 aromatic heterocycles. The maximum atomic E-state index is 11.2. The van der Waals surface area contributed by atoms with Crippen molar-refractivity contribution < 1.29 is 15.0 Å². The highest BCUT2D eigenvalue weighted by molar-refractivity contribution is 5.97. The number of pyridine rings is 1. The molecule has 0 unspecified atom stereocenters. The fourth-order valence-electron chi connectivity index (χ4n) is 1.64. The molecule has 0 fully saturated rings. The third kappa shape index (κ3) is 1.55. The monoisotopic (exact) mass is 220 g/mol. The van der Waals surface area contributed by atoms with Crippen molar-refractivity contribution in [2.24, 2.45) is 0 Å². The van der Waals surface area contributed by atoms with Crippen molar-refractivity contribution in [3.63, 3.8) is 0 Å². The Morgan fingerprint density at radius 1 is 1.44 bits per heavy atom. The van der Waals surface area contributed by atoms with E-state index in [1.54, 1.807) is 24.4 Å². The van der Waals surface area contributed by atoms with Gasteiger partial charge in [0.05, 0.1) is 5.52 Å². The molecule has 2 N–H and O–H groups in total. The van der Waals surface area contributed by atoms with Gasteiger partial charge < -0.3 is 10.2 Å². The van der Waals surface area contributed by atoms with E-state index in [1.165, 1.54) is 18.4 Å². The van der Waals surface area contributed by atoms with Gasteiger partial charge in [0.25, 0.3) is 0 Å². The minimum atomic E-state index is -1.28. The third-order valence-corrected chi connectivity index (χ3v) is 2.33. The Morgan fingerprint density at radius 3 is 2.69 bits per heavy atom. The molecule has 2 heterocycles. The molecule has 5 nitrogen and oxygen atoms in total. The summed E-state index contributed by atoms with van der Waals surface area (Å²) in [6.45, 7) is 3.03. The first kappa shape index (κ1) is 10.6. The largest absolute Gasteiger partial charge is 0.478 e. The van der Waals surface area contributed by atoms with Crippen molar-refractivity contribution in [1.29, 1.82) is 0 Å². The average Bonchev–Trinajstić information content (AvgIpc) is 2.55. The van der Waals surface area contributed by atoms with Crippen molar-refractivity contribution in [1.82, 2.24) is 9.61 Å². The number of hydrogen-bond donors (Lipinski definition) is 2. The molecule has 0 aromatic carbocycles. The predicted octanol–water partition coefficient (Wildman–Crippen LogP) is 1.26. The first-order valence-corrected chi connectivity index (χ1v) is 4.85. The number of carboxylic acids is 1. The lowest BCUT2D eigenvalue weighted by atomic mass is 10.0. The van der Waals surface area contributed by atoms with Gasteiger partial charge in [-0.3, -0.25) is 0 Å². The molecule has 0 spiro atoms. The van der Waals surface area contributed by atoms with E-state index in [0.29, 0.717) is 5.52 Å². The second-order valence-electron chi connectivity index (χ2n) is 4.12. The van der Waals surface area contributed by atoms with Gasteiger partial charge >= 0.3 is 5.97 Å². The fraction of sp³-hybridized carbons (Fsp3) is 0.273. The van der Waals surface area contributed by atoms with E-state index in [2.05, 4.69) is 5.10 Å². The molecular formula is C11H12N2O3. The van der Waals surface area contributed by atoms with E-state index in [1.807, 2.05) is 0 Å². The van der Waals surface area contributed by atoms with E-state index >= 15 is 0 Å². The summed E-state index contributed by atoms with van der Waals surface area (Å²) in [6, 6.07) is 5.14. The SMILES string of the molecule is CC(C)(O)c1nn2ccccc2c1C(=O)O. The highest BCUT2D eigenvalue weighted by atomic mass is 16.4. The zero-order chi connectivity index (χ0) is 11.9. The van der Waals surface area contributed by atoms with E-state index in [0.717, 1.165) is 0 Å². The van der Waals surface area contributed by atoms with Crippen molar-refractivity contribution >= 4 is 11.5 Å².